The topological polar surface area (TPSA) is 14.1 Å². The summed E-state index contributed by atoms with van der Waals surface area (Å²) in [6, 6.07) is 0.648. The van der Waals surface area contributed by atoms with Gasteiger partial charge >= 0.3 is 0 Å². The standard InChI is InChI=1S/C6H12N/c1-5-3-6(2)7-4-5/h5-6H,3-4H2,1-2H3. The lowest BCUT2D eigenvalue weighted by atomic mass is 10.1. The minimum absolute atomic E-state index is 0.648. The Kier molecular flexibility index (Phi) is 1.33. The molecule has 0 spiro atoms. The number of rotatable bonds is 0. The maximum atomic E-state index is 4.32. The molecule has 1 aliphatic rings. The van der Waals surface area contributed by atoms with E-state index in [-0.39, 0.29) is 0 Å². The van der Waals surface area contributed by atoms with Gasteiger partial charge in [0.25, 0.3) is 0 Å². The van der Waals surface area contributed by atoms with Gasteiger partial charge in [0.2, 0.25) is 0 Å². The molecule has 1 rings (SSSR count). The van der Waals surface area contributed by atoms with Crippen molar-refractivity contribution in [2.75, 3.05) is 6.54 Å². The summed E-state index contributed by atoms with van der Waals surface area (Å²) in [4.78, 5) is 0. The summed E-state index contributed by atoms with van der Waals surface area (Å²) in [5, 5.41) is 4.32. The highest BCUT2D eigenvalue weighted by Crippen LogP contribution is 2.12. The van der Waals surface area contributed by atoms with Crippen LogP contribution in [-0.2, 0) is 0 Å². The number of hydrogen-bond donors (Lipinski definition) is 0. The van der Waals surface area contributed by atoms with Gasteiger partial charge in [-0.25, -0.2) is 5.32 Å². The van der Waals surface area contributed by atoms with Gasteiger partial charge in [-0.05, 0) is 19.3 Å². The molecule has 0 saturated carbocycles. The van der Waals surface area contributed by atoms with Crippen LogP contribution in [0, 0.1) is 5.92 Å². The van der Waals surface area contributed by atoms with Crippen molar-refractivity contribution in [2.24, 2.45) is 5.92 Å². The van der Waals surface area contributed by atoms with Crippen molar-refractivity contribution in [3.05, 3.63) is 0 Å². The Bertz CT molecular complexity index is 53.2. The average molecular weight is 98.2 g/mol. The Labute approximate surface area is 45.1 Å². The molecular weight excluding hydrogens is 86.1 g/mol. The smallest absolute Gasteiger partial charge is 0.0220 e. The van der Waals surface area contributed by atoms with Crippen LogP contribution in [-0.4, -0.2) is 12.6 Å². The summed E-state index contributed by atoms with van der Waals surface area (Å²) in [6.07, 6.45) is 1.31. The molecule has 0 aromatic heterocycles. The van der Waals surface area contributed by atoms with E-state index < -0.39 is 0 Å². The molecule has 0 bridgehead atoms. The van der Waals surface area contributed by atoms with Crippen molar-refractivity contribution >= 4 is 0 Å². The van der Waals surface area contributed by atoms with Crippen LogP contribution in [0.4, 0.5) is 0 Å². The number of nitrogens with zero attached hydrogens (tertiary/aromatic N) is 1. The summed E-state index contributed by atoms with van der Waals surface area (Å²) in [5.74, 6) is 0.856. The summed E-state index contributed by atoms with van der Waals surface area (Å²) < 4.78 is 0. The third-order valence-electron chi connectivity index (χ3n) is 1.47. The lowest BCUT2D eigenvalue weighted by Crippen LogP contribution is -2.07. The molecule has 0 N–H and O–H groups in total. The van der Waals surface area contributed by atoms with E-state index >= 15 is 0 Å². The van der Waals surface area contributed by atoms with E-state index in [2.05, 4.69) is 19.2 Å². The lowest BCUT2D eigenvalue weighted by Gasteiger charge is -1.94. The van der Waals surface area contributed by atoms with E-state index in [0.717, 1.165) is 12.5 Å². The summed E-state index contributed by atoms with van der Waals surface area (Å²) in [7, 11) is 0. The van der Waals surface area contributed by atoms with Crippen molar-refractivity contribution in [1.82, 2.24) is 5.32 Å². The molecule has 1 heteroatoms. The maximum Gasteiger partial charge on any atom is 0.0220 e. The van der Waals surface area contributed by atoms with Gasteiger partial charge in [-0.3, -0.25) is 0 Å². The van der Waals surface area contributed by atoms with Gasteiger partial charge in [0.1, 0.15) is 0 Å². The average Bonchev–Trinajstić information content (AvgIpc) is 1.87. The second-order valence-electron chi connectivity index (χ2n) is 2.56. The van der Waals surface area contributed by atoms with Crippen LogP contribution < -0.4 is 5.32 Å². The zero-order valence-corrected chi connectivity index (χ0v) is 5.02. The first-order valence-corrected chi connectivity index (χ1v) is 2.95. The fraction of sp³-hybridized carbons (Fsp3) is 1.00. The Morgan fingerprint density at radius 1 is 1.43 bits per heavy atom. The van der Waals surface area contributed by atoms with Crippen molar-refractivity contribution in [1.29, 1.82) is 0 Å². The Hall–Kier alpha value is -0.0400. The quantitative estimate of drug-likeness (QED) is 0.429. The first-order chi connectivity index (χ1) is 3.29. The maximum absolute atomic E-state index is 4.32. The largest absolute Gasteiger partial charge is 0.238 e. The zero-order chi connectivity index (χ0) is 5.28. The van der Waals surface area contributed by atoms with Gasteiger partial charge in [-0.2, -0.15) is 0 Å². The summed E-state index contributed by atoms with van der Waals surface area (Å²) >= 11 is 0. The molecule has 0 aromatic carbocycles. The molecule has 0 aliphatic carbocycles. The minimum atomic E-state index is 0.648. The SMILES string of the molecule is CC1C[N]C(C)C1. The highest BCUT2D eigenvalue weighted by Gasteiger charge is 2.16. The molecule has 1 radical (unpaired) electrons. The Morgan fingerprint density at radius 2 is 2.14 bits per heavy atom. The minimum Gasteiger partial charge on any atom is -0.238 e. The zero-order valence-electron chi connectivity index (χ0n) is 5.02. The van der Waals surface area contributed by atoms with Crippen molar-refractivity contribution in [3.8, 4) is 0 Å². The molecular formula is C6H12N. The van der Waals surface area contributed by atoms with Crippen LogP contribution in [0.25, 0.3) is 0 Å². The lowest BCUT2D eigenvalue weighted by molar-refractivity contribution is 0.620. The van der Waals surface area contributed by atoms with Crippen LogP contribution in [0.3, 0.4) is 0 Å². The van der Waals surface area contributed by atoms with Gasteiger partial charge in [0, 0.05) is 12.6 Å². The Balaban J connectivity index is 2.26. The first-order valence-electron chi connectivity index (χ1n) is 2.95. The Morgan fingerprint density at radius 3 is 2.29 bits per heavy atom. The molecule has 2 unspecified atom stereocenters. The van der Waals surface area contributed by atoms with Crippen LogP contribution in [0.15, 0.2) is 0 Å². The van der Waals surface area contributed by atoms with Crippen molar-refractivity contribution in [3.63, 3.8) is 0 Å². The molecule has 1 nitrogen and oxygen atoms in total. The third kappa shape index (κ3) is 1.16. The second-order valence-corrected chi connectivity index (χ2v) is 2.56. The monoisotopic (exact) mass is 98.1 g/mol. The van der Waals surface area contributed by atoms with Crippen LogP contribution >= 0.6 is 0 Å². The molecule has 41 valence electrons. The predicted molar refractivity (Wildman–Crippen MR) is 30.2 cm³/mol. The molecule has 1 heterocycles. The van der Waals surface area contributed by atoms with Crippen LogP contribution in [0.1, 0.15) is 20.3 Å². The van der Waals surface area contributed by atoms with Gasteiger partial charge < -0.3 is 0 Å². The van der Waals surface area contributed by atoms with E-state index in [1.807, 2.05) is 0 Å². The van der Waals surface area contributed by atoms with Crippen molar-refractivity contribution in [2.45, 2.75) is 26.3 Å². The van der Waals surface area contributed by atoms with E-state index in [4.69, 9.17) is 0 Å². The second kappa shape index (κ2) is 1.83. The first kappa shape index (κ1) is 5.10. The fourth-order valence-corrected chi connectivity index (χ4v) is 1.09. The van der Waals surface area contributed by atoms with Gasteiger partial charge in [0.05, 0.1) is 0 Å². The van der Waals surface area contributed by atoms with Crippen LogP contribution in [0.2, 0.25) is 0 Å². The summed E-state index contributed by atoms with van der Waals surface area (Å²) in [5.41, 5.74) is 0. The molecule has 1 aliphatic heterocycles. The van der Waals surface area contributed by atoms with Crippen molar-refractivity contribution < 1.29 is 0 Å². The highest BCUT2D eigenvalue weighted by molar-refractivity contribution is 4.73. The fourth-order valence-electron chi connectivity index (χ4n) is 1.09. The van der Waals surface area contributed by atoms with E-state index in [1.54, 1.807) is 0 Å². The molecule has 0 amide bonds. The van der Waals surface area contributed by atoms with E-state index in [1.165, 1.54) is 6.42 Å². The number of hydrogen-bond acceptors (Lipinski definition) is 0. The van der Waals surface area contributed by atoms with Crippen LogP contribution in [0.5, 0.6) is 0 Å². The van der Waals surface area contributed by atoms with Gasteiger partial charge in [-0.15, -0.1) is 0 Å². The molecule has 1 saturated heterocycles. The normalized spacial score (nSPS) is 42.0. The summed E-state index contributed by atoms with van der Waals surface area (Å²) in [6.45, 7) is 5.54. The molecule has 0 aromatic rings. The molecule has 2 atom stereocenters. The van der Waals surface area contributed by atoms with Gasteiger partial charge in [0.15, 0.2) is 0 Å². The molecule has 1 fully saturated rings. The van der Waals surface area contributed by atoms with E-state index in [9.17, 15) is 0 Å². The third-order valence-corrected chi connectivity index (χ3v) is 1.47. The molecule has 7 heavy (non-hydrogen) atoms. The highest BCUT2D eigenvalue weighted by atomic mass is 14.9. The van der Waals surface area contributed by atoms with E-state index in [0.29, 0.717) is 6.04 Å². The van der Waals surface area contributed by atoms with Gasteiger partial charge in [-0.1, -0.05) is 6.92 Å². The predicted octanol–water partition coefficient (Wildman–Crippen LogP) is 1.02.